The summed E-state index contributed by atoms with van der Waals surface area (Å²) in [5, 5.41) is 0. The van der Waals surface area contributed by atoms with Gasteiger partial charge in [0.2, 0.25) is 0 Å². The number of unbranched alkanes of at least 4 members (excludes halogenated alkanes) is 1. The van der Waals surface area contributed by atoms with Crippen molar-refractivity contribution < 1.29 is 22.7 Å². The van der Waals surface area contributed by atoms with E-state index < -0.39 is 24.7 Å². The van der Waals surface area contributed by atoms with Crippen molar-refractivity contribution in [3.8, 4) is 0 Å². The van der Waals surface area contributed by atoms with E-state index in [9.17, 15) is 18.0 Å². The maximum atomic E-state index is 12.2. The van der Waals surface area contributed by atoms with Crippen molar-refractivity contribution in [2.75, 3.05) is 20.7 Å². The highest BCUT2D eigenvalue weighted by atomic mass is 19.4. The first kappa shape index (κ1) is 15.2. The number of nitrogens with zero attached hydrogens (tertiary/aromatic N) is 1. The average Bonchev–Trinajstić information content (AvgIpc) is 2.15. The molecule has 0 aliphatic carbocycles. The van der Waals surface area contributed by atoms with E-state index in [2.05, 4.69) is 4.74 Å². The third-order valence-corrected chi connectivity index (χ3v) is 2.27. The van der Waals surface area contributed by atoms with E-state index in [1.165, 1.54) is 14.2 Å². The Morgan fingerprint density at radius 3 is 2.38 bits per heavy atom. The van der Waals surface area contributed by atoms with Gasteiger partial charge in [-0.15, -0.1) is 0 Å². The average molecular weight is 241 g/mol. The van der Waals surface area contributed by atoms with Crippen molar-refractivity contribution in [2.24, 2.45) is 0 Å². The number of carbonyl (C=O) groups is 1. The van der Waals surface area contributed by atoms with Gasteiger partial charge in [-0.25, -0.2) is 0 Å². The Morgan fingerprint density at radius 1 is 1.44 bits per heavy atom. The van der Waals surface area contributed by atoms with Gasteiger partial charge in [0.1, 0.15) is 6.04 Å². The molecule has 16 heavy (non-hydrogen) atoms. The normalized spacial score (nSPS) is 13.9. The molecule has 0 heterocycles. The standard InChI is InChI=1S/C10H18F3NO2/c1-4-5-6-8(9(15)16-3)14(2)7-10(11,12)13/h8H,4-7H2,1-3H3. The third kappa shape index (κ3) is 5.95. The summed E-state index contributed by atoms with van der Waals surface area (Å²) in [5.74, 6) is -0.611. The van der Waals surface area contributed by atoms with Gasteiger partial charge in [0.05, 0.1) is 13.7 Å². The second kappa shape index (κ2) is 6.73. The molecular weight excluding hydrogens is 223 g/mol. The van der Waals surface area contributed by atoms with Gasteiger partial charge in [0, 0.05) is 0 Å². The molecule has 3 nitrogen and oxygen atoms in total. The van der Waals surface area contributed by atoms with Gasteiger partial charge in [-0.2, -0.15) is 13.2 Å². The molecule has 0 amide bonds. The maximum Gasteiger partial charge on any atom is 0.401 e. The summed E-state index contributed by atoms with van der Waals surface area (Å²) in [7, 11) is 2.47. The van der Waals surface area contributed by atoms with E-state index in [1.807, 2.05) is 6.92 Å². The van der Waals surface area contributed by atoms with Crippen molar-refractivity contribution >= 4 is 5.97 Å². The molecule has 0 saturated heterocycles. The largest absolute Gasteiger partial charge is 0.468 e. The van der Waals surface area contributed by atoms with Crippen LogP contribution in [0.4, 0.5) is 13.2 Å². The number of hydrogen-bond donors (Lipinski definition) is 0. The maximum absolute atomic E-state index is 12.2. The van der Waals surface area contributed by atoms with E-state index in [1.54, 1.807) is 0 Å². The van der Waals surface area contributed by atoms with E-state index in [4.69, 9.17) is 0 Å². The summed E-state index contributed by atoms with van der Waals surface area (Å²) in [6.45, 7) is 0.814. The van der Waals surface area contributed by atoms with Crippen molar-refractivity contribution in [1.82, 2.24) is 4.90 Å². The van der Waals surface area contributed by atoms with Crippen LogP contribution >= 0.6 is 0 Å². The van der Waals surface area contributed by atoms with Crippen LogP contribution in [0, 0.1) is 0 Å². The zero-order valence-corrected chi connectivity index (χ0v) is 9.80. The van der Waals surface area contributed by atoms with Crippen LogP contribution in [0.15, 0.2) is 0 Å². The molecule has 0 bridgehead atoms. The molecule has 0 aromatic heterocycles. The Kier molecular flexibility index (Phi) is 6.40. The molecule has 0 N–H and O–H groups in total. The summed E-state index contributed by atoms with van der Waals surface area (Å²) in [4.78, 5) is 12.3. The monoisotopic (exact) mass is 241 g/mol. The van der Waals surface area contributed by atoms with Gasteiger partial charge in [0.15, 0.2) is 0 Å². The van der Waals surface area contributed by atoms with Crippen molar-refractivity contribution in [3.05, 3.63) is 0 Å². The van der Waals surface area contributed by atoms with Crippen LogP contribution in [0.3, 0.4) is 0 Å². The van der Waals surface area contributed by atoms with Crippen molar-refractivity contribution in [3.63, 3.8) is 0 Å². The molecule has 0 radical (unpaired) electrons. The second-order valence-electron chi connectivity index (χ2n) is 3.71. The lowest BCUT2D eigenvalue weighted by molar-refractivity contribution is -0.161. The van der Waals surface area contributed by atoms with Crippen LogP contribution in [-0.4, -0.2) is 43.8 Å². The number of carbonyl (C=O) groups excluding carboxylic acids is 1. The van der Waals surface area contributed by atoms with Gasteiger partial charge >= 0.3 is 12.1 Å². The number of rotatable bonds is 6. The zero-order chi connectivity index (χ0) is 12.8. The first-order valence-corrected chi connectivity index (χ1v) is 5.16. The van der Waals surface area contributed by atoms with E-state index in [0.717, 1.165) is 11.3 Å². The zero-order valence-electron chi connectivity index (χ0n) is 9.80. The molecule has 96 valence electrons. The van der Waals surface area contributed by atoms with Crippen LogP contribution in [-0.2, 0) is 9.53 Å². The molecule has 0 aromatic carbocycles. The highest BCUT2D eigenvalue weighted by Crippen LogP contribution is 2.19. The van der Waals surface area contributed by atoms with Gasteiger partial charge in [-0.3, -0.25) is 9.69 Å². The number of likely N-dealkylation sites (N-methyl/N-ethyl adjacent to an activating group) is 1. The molecule has 6 heteroatoms. The number of hydrogen-bond acceptors (Lipinski definition) is 3. The summed E-state index contributed by atoms with van der Waals surface area (Å²) < 4.78 is 41.0. The molecule has 0 aromatic rings. The Bertz CT molecular complexity index is 219. The van der Waals surface area contributed by atoms with Gasteiger partial charge in [0.25, 0.3) is 0 Å². The van der Waals surface area contributed by atoms with E-state index >= 15 is 0 Å². The van der Waals surface area contributed by atoms with Crippen LogP contribution < -0.4 is 0 Å². The predicted octanol–water partition coefficient (Wildman–Crippen LogP) is 2.21. The lowest BCUT2D eigenvalue weighted by Crippen LogP contribution is -2.44. The molecule has 0 rings (SSSR count). The summed E-state index contributed by atoms with van der Waals surface area (Å²) in [6, 6.07) is -0.813. The van der Waals surface area contributed by atoms with Crippen molar-refractivity contribution in [2.45, 2.75) is 38.4 Å². The highest BCUT2D eigenvalue weighted by Gasteiger charge is 2.34. The van der Waals surface area contributed by atoms with Crippen molar-refractivity contribution in [1.29, 1.82) is 0 Å². The summed E-state index contributed by atoms with van der Waals surface area (Å²) in [5.41, 5.74) is 0. The summed E-state index contributed by atoms with van der Waals surface area (Å²) >= 11 is 0. The Hall–Kier alpha value is -0.780. The second-order valence-corrected chi connectivity index (χ2v) is 3.71. The number of alkyl halides is 3. The van der Waals surface area contributed by atoms with Crippen LogP contribution in [0.2, 0.25) is 0 Å². The fourth-order valence-electron chi connectivity index (χ4n) is 1.44. The number of halogens is 3. The highest BCUT2D eigenvalue weighted by molar-refractivity contribution is 5.75. The lowest BCUT2D eigenvalue weighted by Gasteiger charge is -2.26. The third-order valence-electron chi connectivity index (χ3n) is 2.27. The smallest absolute Gasteiger partial charge is 0.401 e. The van der Waals surface area contributed by atoms with Gasteiger partial charge < -0.3 is 4.74 Å². The first-order valence-electron chi connectivity index (χ1n) is 5.16. The molecule has 1 unspecified atom stereocenters. The van der Waals surface area contributed by atoms with Gasteiger partial charge in [-0.1, -0.05) is 19.8 Å². The molecule has 1 atom stereocenters. The van der Waals surface area contributed by atoms with Crippen LogP contribution in [0.25, 0.3) is 0 Å². The lowest BCUT2D eigenvalue weighted by atomic mass is 10.1. The predicted molar refractivity (Wildman–Crippen MR) is 54.0 cm³/mol. The van der Waals surface area contributed by atoms with Gasteiger partial charge in [-0.05, 0) is 13.5 Å². The fraction of sp³-hybridized carbons (Fsp3) is 0.900. The minimum Gasteiger partial charge on any atom is -0.468 e. The molecule has 0 aliphatic rings. The minimum absolute atomic E-state index is 0.385. The molecule has 0 aliphatic heterocycles. The number of methoxy groups -OCH3 is 1. The fourth-order valence-corrected chi connectivity index (χ4v) is 1.44. The quantitative estimate of drug-likeness (QED) is 0.668. The SMILES string of the molecule is CCCCC(C(=O)OC)N(C)CC(F)(F)F. The van der Waals surface area contributed by atoms with Crippen LogP contribution in [0.5, 0.6) is 0 Å². The number of ether oxygens (including phenoxy) is 1. The Balaban J connectivity index is 4.43. The molecule has 0 spiro atoms. The van der Waals surface area contributed by atoms with E-state index in [0.29, 0.717) is 12.8 Å². The topological polar surface area (TPSA) is 29.5 Å². The minimum atomic E-state index is -4.30. The molecule has 0 saturated carbocycles. The molecule has 0 fully saturated rings. The Labute approximate surface area is 93.6 Å². The number of esters is 1. The summed E-state index contributed by atoms with van der Waals surface area (Å²) in [6.07, 6.45) is -2.39. The first-order chi connectivity index (χ1) is 7.31. The van der Waals surface area contributed by atoms with Crippen LogP contribution in [0.1, 0.15) is 26.2 Å². The molecular formula is C10H18F3NO2. The van der Waals surface area contributed by atoms with E-state index in [-0.39, 0.29) is 0 Å². The Morgan fingerprint density at radius 2 is 2.00 bits per heavy atom.